The molecule has 1 atom stereocenters. The first-order valence-corrected chi connectivity index (χ1v) is 5.07. The predicted molar refractivity (Wildman–Crippen MR) is 60.5 cm³/mol. The van der Waals surface area contributed by atoms with Crippen LogP contribution in [0.25, 0.3) is 0 Å². The lowest BCUT2D eigenvalue weighted by Crippen LogP contribution is -2.34. The van der Waals surface area contributed by atoms with Gasteiger partial charge in [-0.2, -0.15) is 0 Å². The number of carbonyl (C=O) groups is 2. The van der Waals surface area contributed by atoms with Crippen LogP contribution in [0.3, 0.4) is 0 Å². The number of hydrogen-bond donors (Lipinski definition) is 2. The molecule has 0 saturated heterocycles. The second-order valence-corrected chi connectivity index (χ2v) is 3.69. The molecule has 0 heterocycles. The molecular weight excluding hydrogens is 206 g/mol. The molecule has 0 bridgehead atoms. The largest absolute Gasteiger partial charge is 0.394 e. The summed E-state index contributed by atoms with van der Waals surface area (Å²) in [5, 5.41) is 11.4. The number of amides is 1. The second kappa shape index (κ2) is 5.42. The standard InChI is InChI=1S/C12H15NO3/c1-8(7-14)13-12(16)11-5-3-10(4-6-11)9(2)15/h3-6,8,14H,7H2,1-2H3,(H,13,16). The van der Waals surface area contributed by atoms with Gasteiger partial charge in [-0.25, -0.2) is 0 Å². The molecule has 0 radical (unpaired) electrons. The lowest BCUT2D eigenvalue weighted by atomic mass is 10.1. The number of Topliss-reactive ketones (excluding diaryl/α,β-unsaturated/α-hetero) is 1. The van der Waals surface area contributed by atoms with E-state index in [1.165, 1.54) is 6.92 Å². The monoisotopic (exact) mass is 221 g/mol. The highest BCUT2D eigenvalue weighted by Gasteiger charge is 2.09. The van der Waals surface area contributed by atoms with Gasteiger partial charge in [0.05, 0.1) is 6.61 Å². The van der Waals surface area contributed by atoms with Crippen LogP contribution in [0.4, 0.5) is 0 Å². The molecule has 0 spiro atoms. The lowest BCUT2D eigenvalue weighted by Gasteiger charge is -2.10. The van der Waals surface area contributed by atoms with Crippen LogP contribution in [0, 0.1) is 0 Å². The fourth-order valence-corrected chi connectivity index (χ4v) is 1.21. The molecular formula is C12H15NO3. The number of aliphatic hydroxyl groups is 1. The van der Waals surface area contributed by atoms with Crippen LogP contribution >= 0.6 is 0 Å². The molecule has 4 heteroatoms. The first kappa shape index (κ1) is 12.4. The number of carbonyl (C=O) groups excluding carboxylic acids is 2. The Labute approximate surface area is 94.3 Å². The first-order chi connectivity index (χ1) is 7.54. The van der Waals surface area contributed by atoms with Gasteiger partial charge in [0, 0.05) is 17.2 Å². The zero-order valence-electron chi connectivity index (χ0n) is 9.36. The van der Waals surface area contributed by atoms with E-state index in [4.69, 9.17) is 5.11 Å². The molecule has 1 aromatic carbocycles. The highest BCUT2D eigenvalue weighted by atomic mass is 16.3. The number of nitrogens with one attached hydrogen (secondary N) is 1. The van der Waals surface area contributed by atoms with Gasteiger partial charge in [-0.1, -0.05) is 12.1 Å². The van der Waals surface area contributed by atoms with E-state index in [9.17, 15) is 9.59 Å². The maximum Gasteiger partial charge on any atom is 0.251 e. The molecule has 0 aromatic heterocycles. The smallest absolute Gasteiger partial charge is 0.251 e. The van der Waals surface area contributed by atoms with Crippen molar-refractivity contribution in [1.29, 1.82) is 0 Å². The van der Waals surface area contributed by atoms with Crippen LogP contribution in [-0.4, -0.2) is 29.4 Å². The Kier molecular flexibility index (Phi) is 4.19. The summed E-state index contributed by atoms with van der Waals surface area (Å²) in [4.78, 5) is 22.6. The van der Waals surface area contributed by atoms with Gasteiger partial charge in [0.15, 0.2) is 5.78 Å². The van der Waals surface area contributed by atoms with E-state index in [2.05, 4.69) is 5.32 Å². The first-order valence-electron chi connectivity index (χ1n) is 5.07. The Bertz CT molecular complexity index is 384. The van der Waals surface area contributed by atoms with Gasteiger partial charge in [0.1, 0.15) is 0 Å². The average Bonchev–Trinajstić information content (AvgIpc) is 2.28. The highest BCUT2D eigenvalue weighted by Crippen LogP contribution is 2.05. The van der Waals surface area contributed by atoms with Crippen LogP contribution in [0.2, 0.25) is 0 Å². The third kappa shape index (κ3) is 3.17. The van der Waals surface area contributed by atoms with Crippen LogP contribution in [0.15, 0.2) is 24.3 Å². The lowest BCUT2D eigenvalue weighted by molar-refractivity contribution is 0.0921. The molecule has 1 rings (SSSR count). The zero-order valence-corrected chi connectivity index (χ0v) is 9.36. The zero-order chi connectivity index (χ0) is 12.1. The van der Waals surface area contributed by atoms with E-state index in [0.29, 0.717) is 11.1 Å². The number of ketones is 1. The van der Waals surface area contributed by atoms with E-state index in [1.807, 2.05) is 0 Å². The van der Waals surface area contributed by atoms with Gasteiger partial charge in [-0.05, 0) is 26.0 Å². The van der Waals surface area contributed by atoms with Crippen molar-refractivity contribution in [2.45, 2.75) is 19.9 Å². The predicted octanol–water partition coefficient (Wildman–Crippen LogP) is 1.000. The summed E-state index contributed by atoms with van der Waals surface area (Å²) in [6.45, 7) is 3.09. The third-order valence-electron chi connectivity index (χ3n) is 2.20. The van der Waals surface area contributed by atoms with Crippen LogP contribution in [0.1, 0.15) is 34.6 Å². The summed E-state index contributed by atoms with van der Waals surface area (Å²) in [7, 11) is 0. The fraction of sp³-hybridized carbons (Fsp3) is 0.333. The van der Waals surface area contributed by atoms with Crippen LogP contribution in [-0.2, 0) is 0 Å². The summed E-state index contributed by atoms with van der Waals surface area (Å²) in [6.07, 6.45) is 0. The second-order valence-electron chi connectivity index (χ2n) is 3.69. The normalized spacial score (nSPS) is 11.9. The molecule has 0 fully saturated rings. The number of rotatable bonds is 4. The summed E-state index contributed by atoms with van der Waals surface area (Å²) < 4.78 is 0. The SMILES string of the molecule is CC(=O)c1ccc(C(=O)NC(C)CO)cc1. The molecule has 1 amide bonds. The van der Waals surface area contributed by atoms with Crippen molar-refractivity contribution in [2.24, 2.45) is 0 Å². The minimum absolute atomic E-state index is 0.0318. The van der Waals surface area contributed by atoms with Gasteiger partial charge in [-0.15, -0.1) is 0 Å². The Morgan fingerprint density at radius 1 is 1.25 bits per heavy atom. The highest BCUT2D eigenvalue weighted by molar-refractivity contribution is 5.97. The van der Waals surface area contributed by atoms with E-state index in [1.54, 1.807) is 31.2 Å². The van der Waals surface area contributed by atoms with Gasteiger partial charge < -0.3 is 10.4 Å². The van der Waals surface area contributed by atoms with E-state index in [0.717, 1.165) is 0 Å². The Morgan fingerprint density at radius 2 is 1.75 bits per heavy atom. The molecule has 2 N–H and O–H groups in total. The maximum atomic E-state index is 11.6. The molecule has 1 unspecified atom stereocenters. The van der Waals surface area contributed by atoms with Gasteiger partial charge in [0.2, 0.25) is 0 Å². The third-order valence-corrected chi connectivity index (χ3v) is 2.20. The Hall–Kier alpha value is -1.68. The quantitative estimate of drug-likeness (QED) is 0.745. The molecule has 16 heavy (non-hydrogen) atoms. The van der Waals surface area contributed by atoms with Gasteiger partial charge in [-0.3, -0.25) is 9.59 Å². The topological polar surface area (TPSA) is 66.4 Å². The maximum absolute atomic E-state index is 11.6. The van der Waals surface area contributed by atoms with E-state index in [-0.39, 0.29) is 24.3 Å². The van der Waals surface area contributed by atoms with Gasteiger partial charge >= 0.3 is 0 Å². The molecule has 1 aromatic rings. The van der Waals surface area contributed by atoms with E-state index >= 15 is 0 Å². The van der Waals surface area contributed by atoms with Crippen molar-refractivity contribution in [1.82, 2.24) is 5.32 Å². The van der Waals surface area contributed by atoms with Crippen molar-refractivity contribution in [3.05, 3.63) is 35.4 Å². The molecule has 0 aliphatic carbocycles. The Morgan fingerprint density at radius 3 is 2.19 bits per heavy atom. The number of benzene rings is 1. The number of aliphatic hydroxyl groups excluding tert-OH is 1. The van der Waals surface area contributed by atoms with Crippen molar-refractivity contribution in [3.63, 3.8) is 0 Å². The fourth-order valence-electron chi connectivity index (χ4n) is 1.21. The molecule has 4 nitrogen and oxygen atoms in total. The van der Waals surface area contributed by atoms with Crippen molar-refractivity contribution < 1.29 is 14.7 Å². The molecule has 0 aliphatic rings. The van der Waals surface area contributed by atoms with E-state index < -0.39 is 0 Å². The number of hydrogen-bond acceptors (Lipinski definition) is 3. The summed E-state index contributed by atoms with van der Waals surface area (Å²) in [5.74, 6) is -0.285. The summed E-state index contributed by atoms with van der Waals surface area (Å²) in [5.41, 5.74) is 1.05. The minimum atomic E-state index is -0.278. The van der Waals surface area contributed by atoms with Crippen molar-refractivity contribution >= 4 is 11.7 Å². The molecule has 86 valence electrons. The Balaban J connectivity index is 2.74. The summed E-state index contributed by atoms with van der Waals surface area (Å²) >= 11 is 0. The average molecular weight is 221 g/mol. The molecule has 0 aliphatic heterocycles. The van der Waals surface area contributed by atoms with Crippen LogP contribution in [0.5, 0.6) is 0 Å². The van der Waals surface area contributed by atoms with Crippen molar-refractivity contribution in [2.75, 3.05) is 6.61 Å². The van der Waals surface area contributed by atoms with Crippen LogP contribution < -0.4 is 5.32 Å². The molecule has 0 saturated carbocycles. The minimum Gasteiger partial charge on any atom is -0.394 e. The summed E-state index contributed by atoms with van der Waals surface area (Å²) in [6, 6.07) is 6.13. The van der Waals surface area contributed by atoms with Gasteiger partial charge in [0.25, 0.3) is 5.91 Å². The van der Waals surface area contributed by atoms with Crippen molar-refractivity contribution in [3.8, 4) is 0 Å².